The summed E-state index contributed by atoms with van der Waals surface area (Å²) in [5.41, 5.74) is 1.56. The molecule has 8 nitrogen and oxygen atoms in total. The third-order valence-corrected chi connectivity index (χ3v) is 5.50. The zero-order chi connectivity index (χ0) is 25.5. The van der Waals surface area contributed by atoms with Gasteiger partial charge >= 0.3 is 6.09 Å². The van der Waals surface area contributed by atoms with E-state index in [1.165, 1.54) is 0 Å². The van der Waals surface area contributed by atoms with Gasteiger partial charge in [-0.3, -0.25) is 9.59 Å². The number of carbonyl (C=O) groups excluding carboxylic acids is 3. The number of hydrogen-bond donors (Lipinski definition) is 1. The molecule has 34 heavy (non-hydrogen) atoms. The van der Waals surface area contributed by atoms with Crippen LogP contribution in [0.1, 0.15) is 65.5 Å². The Labute approximate surface area is 204 Å². The van der Waals surface area contributed by atoms with Gasteiger partial charge in [-0.2, -0.15) is 0 Å². The molecule has 0 unspecified atom stereocenters. The Balaban J connectivity index is 1.82. The van der Waals surface area contributed by atoms with Crippen molar-refractivity contribution in [3.63, 3.8) is 0 Å². The molecule has 1 heterocycles. The maximum absolute atomic E-state index is 12.8. The molecule has 1 aromatic carbocycles. The lowest BCUT2D eigenvalue weighted by Crippen LogP contribution is -2.40. The number of aryl methyl sites for hydroxylation is 1. The van der Waals surface area contributed by atoms with Crippen LogP contribution in [0.25, 0.3) is 0 Å². The van der Waals surface area contributed by atoms with Crippen LogP contribution < -0.4 is 10.1 Å². The second-order valence-corrected chi connectivity index (χ2v) is 10.8. The zero-order valence-corrected chi connectivity index (χ0v) is 21.8. The van der Waals surface area contributed by atoms with E-state index in [9.17, 15) is 14.4 Å². The van der Waals surface area contributed by atoms with Gasteiger partial charge in [0.15, 0.2) is 6.61 Å². The third kappa shape index (κ3) is 8.88. The molecule has 0 aromatic heterocycles. The number of alkyl carbamates (subject to hydrolysis) is 1. The second kappa shape index (κ2) is 11.6. The molecule has 1 aliphatic rings. The van der Waals surface area contributed by atoms with Crippen LogP contribution in [0.5, 0.6) is 5.75 Å². The van der Waals surface area contributed by atoms with Crippen molar-refractivity contribution >= 4 is 17.9 Å². The molecular weight excluding hydrogens is 434 g/mol. The van der Waals surface area contributed by atoms with E-state index in [2.05, 4.69) is 32.2 Å². The lowest BCUT2D eigenvalue weighted by atomic mass is 9.85. The summed E-state index contributed by atoms with van der Waals surface area (Å²) in [6, 6.07) is 6.02. The van der Waals surface area contributed by atoms with E-state index in [0.29, 0.717) is 32.6 Å². The lowest BCUT2D eigenvalue weighted by molar-refractivity contribution is -0.134. The quantitative estimate of drug-likeness (QED) is 0.679. The molecule has 1 N–H and O–H groups in total. The Morgan fingerprint density at radius 3 is 2.15 bits per heavy atom. The summed E-state index contributed by atoms with van der Waals surface area (Å²) in [6.07, 6.45) is 0.366. The van der Waals surface area contributed by atoms with Crippen molar-refractivity contribution in [3.05, 3.63) is 29.3 Å². The molecule has 0 radical (unpaired) electrons. The summed E-state index contributed by atoms with van der Waals surface area (Å²) >= 11 is 0. The number of ether oxygens (including phenoxy) is 2. The normalized spacial score (nSPS) is 14.9. The second-order valence-electron chi connectivity index (χ2n) is 10.8. The summed E-state index contributed by atoms with van der Waals surface area (Å²) in [5.74, 6) is 0.605. The number of rotatable bonds is 6. The van der Waals surface area contributed by atoms with Crippen molar-refractivity contribution in [2.24, 2.45) is 0 Å². The van der Waals surface area contributed by atoms with E-state index in [4.69, 9.17) is 9.47 Å². The first-order valence-electron chi connectivity index (χ1n) is 12.0. The molecule has 3 amide bonds. The highest BCUT2D eigenvalue weighted by Gasteiger charge is 2.24. The first-order valence-corrected chi connectivity index (χ1v) is 12.0. The standard InChI is InChI=1S/C26H41N3O5/c1-19-9-10-21(20(17-19)25(2,3)4)33-18-23(31)29-14-8-13-28(15-16-29)22(30)11-12-27-24(32)34-26(5,6)7/h9-10,17H,8,11-16,18H2,1-7H3,(H,27,32). The fraction of sp³-hybridized carbons (Fsp3) is 0.654. The molecule has 1 fully saturated rings. The Morgan fingerprint density at radius 1 is 0.941 bits per heavy atom. The Bertz CT molecular complexity index is 870. The van der Waals surface area contributed by atoms with Crippen molar-refractivity contribution in [1.82, 2.24) is 15.1 Å². The van der Waals surface area contributed by atoms with Crippen molar-refractivity contribution < 1.29 is 23.9 Å². The number of nitrogens with zero attached hydrogens (tertiary/aromatic N) is 2. The van der Waals surface area contributed by atoms with Crippen LogP contribution in [-0.4, -0.2) is 72.6 Å². The smallest absolute Gasteiger partial charge is 0.407 e. The van der Waals surface area contributed by atoms with E-state index in [-0.39, 0.29) is 36.8 Å². The predicted molar refractivity (Wildman–Crippen MR) is 132 cm³/mol. The van der Waals surface area contributed by atoms with E-state index >= 15 is 0 Å². The van der Waals surface area contributed by atoms with Crippen LogP contribution >= 0.6 is 0 Å². The van der Waals surface area contributed by atoms with Gasteiger partial charge in [-0.25, -0.2) is 4.79 Å². The monoisotopic (exact) mass is 475 g/mol. The average Bonchev–Trinajstić information content (AvgIpc) is 2.97. The highest BCUT2D eigenvalue weighted by atomic mass is 16.6. The summed E-state index contributed by atoms with van der Waals surface area (Å²) in [6.45, 7) is 16.1. The Hall–Kier alpha value is -2.77. The fourth-order valence-corrected chi connectivity index (χ4v) is 3.75. The number of amides is 3. The van der Waals surface area contributed by atoms with E-state index in [1.807, 2.05) is 19.1 Å². The summed E-state index contributed by atoms with van der Waals surface area (Å²) < 4.78 is 11.1. The number of benzene rings is 1. The van der Waals surface area contributed by atoms with Crippen molar-refractivity contribution in [2.75, 3.05) is 39.3 Å². The third-order valence-electron chi connectivity index (χ3n) is 5.50. The number of hydrogen-bond acceptors (Lipinski definition) is 5. The minimum absolute atomic E-state index is 0.0279. The maximum Gasteiger partial charge on any atom is 0.407 e. The molecule has 0 atom stereocenters. The Kier molecular flexibility index (Phi) is 9.36. The van der Waals surface area contributed by atoms with E-state index in [0.717, 1.165) is 16.9 Å². The van der Waals surface area contributed by atoms with E-state index < -0.39 is 11.7 Å². The zero-order valence-electron chi connectivity index (χ0n) is 21.8. The summed E-state index contributed by atoms with van der Waals surface area (Å²) in [5, 5.41) is 2.61. The van der Waals surface area contributed by atoms with Crippen LogP contribution in [0.4, 0.5) is 4.79 Å². The van der Waals surface area contributed by atoms with Gasteiger partial charge in [0.1, 0.15) is 11.4 Å². The summed E-state index contributed by atoms with van der Waals surface area (Å²) in [7, 11) is 0. The average molecular weight is 476 g/mol. The highest BCUT2D eigenvalue weighted by Crippen LogP contribution is 2.32. The molecule has 0 bridgehead atoms. The molecule has 0 aliphatic carbocycles. The molecular formula is C26H41N3O5. The maximum atomic E-state index is 12.8. The van der Waals surface area contributed by atoms with Crippen LogP contribution in [0.2, 0.25) is 0 Å². The first kappa shape index (κ1) is 27.5. The van der Waals surface area contributed by atoms with Crippen LogP contribution in [0, 0.1) is 6.92 Å². The van der Waals surface area contributed by atoms with Crippen molar-refractivity contribution in [3.8, 4) is 5.75 Å². The Morgan fingerprint density at radius 2 is 1.56 bits per heavy atom. The van der Waals surface area contributed by atoms with Gasteiger partial charge in [0.25, 0.3) is 5.91 Å². The van der Waals surface area contributed by atoms with Gasteiger partial charge in [-0.1, -0.05) is 38.5 Å². The van der Waals surface area contributed by atoms with Gasteiger partial charge in [0.2, 0.25) is 5.91 Å². The molecule has 8 heteroatoms. The molecule has 1 aromatic rings. The molecule has 1 saturated heterocycles. The van der Waals surface area contributed by atoms with Crippen LogP contribution in [0.15, 0.2) is 18.2 Å². The SMILES string of the molecule is Cc1ccc(OCC(=O)N2CCCN(C(=O)CCNC(=O)OC(C)(C)C)CC2)c(C(C)(C)C)c1. The van der Waals surface area contributed by atoms with Crippen molar-refractivity contribution in [2.45, 2.75) is 72.3 Å². The highest BCUT2D eigenvalue weighted by molar-refractivity contribution is 5.79. The number of nitrogens with one attached hydrogen (secondary N) is 1. The molecule has 0 spiro atoms. The van der Waals surface area contributed by atoms with Gasteiger partial charge in [-0.05, 0) is 51.2 Å². The molecule has 1 aliphatic heterocycles. The lowest BCUT2D eigenvalue weighted by Gasteiger charge is -2.25. The van der Waals surface area contributed by atoms with Crippen LogP contribution in [0.3, 0.4) is 0 Å². The topological polar surface area (TPSA) is 88.2 Å². The van der Waals surface area contributed by atoms with E-state index in [1.54, 1.807) is 30.6 Å². The molecule has 190 valence electrons. The van der Waals surface area contributed by atoms with Gasteiger partial charge < -0.3 is 24.6 Å². The molecule has 2 rings (SSSR count). The minimum Gasteiger partial charge on any atom is -0.483 e. The first-order chi connectivity index (χ1) is 15.8. The number of carbonyl (C=O) groups is 3. The van der Waals surface area contributed by atoms with Crippen LogP contribution in [-0.2, 0) is 19.7 Å². The van der Waals surface area contributed by atoms with Gasteiger partial charge in [0, 0.05) is 39.1 Å². The van der Waals surface area contributed by atoms with Gasteiger partial charge in [-0.15, -0.1) is 0 Å². The largest absolute Gasteiger partial charge is 0.483 e. The minimum atomic E-state index is -0.577. The van der Waals surface area contributed by atoms with Crippen molar-refractivity contribution in [1.29, 1.82) is 0 Å². The van der Waals surface area contributed by atoms with Gasteiger partial charge in [0.05, 0.1) is 0 Å². The predicted octanol–water partition coefficient (Wildman–Crippen LogP) is 3.65. The summed E-state index contributed by atoms with van der Waals surface area (Å²) in [4.78, 5) is 40.6. The fourth-order valence-electron chi connectivity index (χ4n) is 3.75. The molecule has 0 saturated carbocycles.